The van der Waals surface area contributed by atoms with Gasteiger partial charge in [-0.1, -0.05) is 18.2 Å². The van der Waals surface area contributed by atoms with Crippen LogP contribution in [0, 0.1) is 0 Å². The predicted octanol–water partition coefficient (Wildman–Crippen LogP) is 0.460. The Morgan fingerprint density at radius 3 is 2.44 bits per heavy atom. The van der Waals surface area contributed by atoms with Crippen LogP contribution in [-0.4, -0.2) is 68.4 Å². The first-order valence-corrected chi connectivity index (χ1v) is 10.3. The lowest BCUT2D eigenvalue weighted by molar-refractivity contribution is -0.132. The zero-order valence-electron chi connectivity index (χ0n) is 14.3. The zero-order valence-corrected chi connectivity index (χ0v) is 15.2. The minimum atomic E-state index is -3.22. The van der Waals surface area contributed by atoms with Crippen molar-refractivity contribution in [2.75, 3.05) is 43.9 Å². The molecule has 0 aliphatic carbocycles. The molecule has 0 aromatic heterocycles. The van der Waals surface area contributed by atoms with Gasteiger partial charge in [-0.3, -0.25) is 9.59 Å². The summed E-state index contributed by atoms with van der Waals surface area (Å²) in [5.74, 6) is -0.175. The SMILES string of the molecule is CS(=O)(=O)N1CCN(C(=O)CN2C(=O)CCCc3ccccc32)CC1. The monoisotopic (exact) mass is 365 g/mol. The highest BCUT2D eigenvalue weighted by Crippen LogP contribution is 2.26. The van der Waals surface area contributed by atoms with Gasteiger partial charge in [-0.25, -0.2) is 8.42 Å². The number of amides is 2. The van der Waals surface area contributed by atoms with Gasteiger partial charge in [0.05, 0.1) is 6.26 Å². The second kappa shape index (κ2) is 7.13. The summed E-state index contributed by atoms with van der Waals surface area (Å²) in [6.45, 7) is 1.32. The van der Waals surface area contributed by atoms with Gasteiger partial charge in [0.2, 0.25) is 21.8 Å². The van der Waals surface area contributed by atoms with E-state index >= 15 is 0 Å². The molecule has 1 aromatic carbocycles. The third-order valence-corrected chi connectivity index (χ3v) is 6.08. The van der Waals surface area contributed by atoms with Gasteiger partial charge in [0.1, 0.15) is 6.54 Å². The van der Waals surface area contributed by atoms with Gasteiger partial charge in [0, 0.05) is 38.3 Å². The number of nitrogens with zero attached hydrogens (tertiary/aromatic N) is 3. The number of sulfonamides is 1. The fourth-order valence-corrected chi connectivity index (χ4v) is 4.19. The molecule has 3 rings (SSSR count). The maximum atomic E-state index is 12.7. The van der Waals surface area contributed by atoms with E-state index in [0.29, 0.717) is 32.6 Å². The molecular weight excluding hydrogens is 342 g/mol. The van der Waals surface area contributed by atoms with Crippen molar-refractivity contribution < 1.29 is 18.0 Å². The number of carbonyl (C=O) groups excluding carboxylic acids is 2. The molecule has 1 saturated heterocycles. The van der Waals surface area contributed by atoms with E-state index in [1.807, 2.05) is 24.3 Å². The van der Waals surface area contributed by atoms with Crippen LogP contribution >= 0.6 is 0 Å². The molecule has 136 valence electrons. The maximum Gasteiger partial charge on any atom is 0.242 e. The molecule has 0 N–H and O–H groups in total. The molecule has 0 saturated carbocycles. The van der Waals surface area contributed by atoms with Crippen molar-refractivity contribution in [2.24, 2.45) is 0 Å². The summed E-state index contributed by atoms with van der Waals surface area (Å²) < 4.78 is 24.5. The van der Waals surface area contributed by atoms with Crippen molar-refractivity contribution in [1.82, 2.24) is 9.21 Å². The number of hydrogen-bond acceptors (Lipinski definition) is 4. The summed E-state index contributed by atoms with van der Waals surface area (Å²) in [6, 6.07) is 7.70. The van der Waals surface area contributed by atoms with Gasteiger partial charge in [-0.05, 0) is 24.5 Å². The summed E-state index contributed by atoms with van der Waals surface area (Å²) in [7, 11) is -3.22. The van der Waals surface area contributed by atoms with E-state index in [-0.39, 0.29) is 18.4 Å². The molecule has 25 heavy (non-hydrogen) atoms. The highest BCUT2D eigenvalue weighted by atomic mass is 32.2. The van der Waals surface area contributed by atoms with Gasteiger partial charge in [-0.15, -0.1) is 0 Å². The lowest BCUT2D eigenvalue weighted by atomic mass is 10.1. The predicted molar refractivity (Wildman–Crippen MR) is 94.7 cm³/mol. The van der Waals surface area contributed by atoms with Crippen molar-refractivity contribution in [3.8, 4) is 0 Å². The number of hydrogen-bond donors (Lipinski definition) is 0. The fourth-order valence-electron chi connectivity index (χ4n) is 3.36. The Hall–Kier alpha value is -1.93. The molecule has 2 amide bonds. The number of benzene rings is 1. The molecule has 8 heteroatoms. The van der Waals surface area contributed by atoms with Crippen LogP contribution in [0.2, 0.25) is 0 Å². The Balaban J connectivity index is 1.70. The normalized spacial score (nSPS) is 19.5. The molecule has 0 spiro atoms. The van der Waals surface area contributed by atoms with E-state index in [1.54, 1.807) is 9.80 Å². The first-order chi connectivity index (χ1) is 11.9. The van der Waals surface area contributed by atoms with Crippen LogP contribution in [0.15, 0.2) is 24.3 Å². The quantitative estimate of drug-likeness (QED) is 0.780. The number of carbonyl (C=O) groups is 2. The zero-order chi connectivity index (χ0) is 18.0. The number of piperazine rings is 1. The Morgan fingerprint density at radius 1 is 1.08 bits per heavy atom. The summed E-state index contributed by atoms with van der Waals surface area (Å²) in [5.41, 5.74) is 1.90. The average molecular weight is 365 g/mol. The van der Waals surface area contributed by atoms with Crippen molar-refractivity contribution in [3.05, 3.63) is 29.8 Å². The highest BCUT2D eigenvalue weighted by Gasteiger charge is 2.29. The number of rotatable bonds is 3. The molecule has 0 radical (unpaired) electrons. The molecule has 1 fully saturated rings. The molecule has 2 aliphatic heterocycles. The number of para-hydroxylation sites is 1. The van der Waals surface area contributed by atoms with Crippen LogP contribution in [-0.2, 0) is 26.0 Å². The van der Waals surface area contributed by atoms with E-state index < -0.39 is 10.0 Å². The fraction of sp³-hybridized carbons (Fsp3) is 0.529. The van der Waals surface area contributed by atoms with E-state index in [1.165, 1.54) is 10.6 Å². The Morgan fingerprint density at radius 2 is 1.76 bits per heavy atom. The topological polar surface area (TPSA) is 78.0 Å². The first kappa shape index (κ1) is 17.9. The van der Waals surface area contributed by atoms with Crippen molar-refractivity contribution in [2.45, 2.75) is 19.3 Å². The van der Waals surface area contributed by atoms with Crippen molar-refractivity contribution in [1.29, 1.82) is 0 Å². The minimum Gasteiger partial charge on any atom is -0.339 e. The summed E-state index contributed by atoms with van der Waals surface area (Å²) in [5, 5.41) is 0. The lowest BCUT2D eigenvalue weighted by Crippen LogP contribution is -2.52. The van der Waals surface area contributed by atoms with Crippen molar-refractivity contribution in [3.63, 3.8) is 0 Å². The van der Waals surface area contributed by atoms with Crippen LogP contribution in [0.25, 0.3) is 0 Å². The number of fused-ring (bicyclic) bond motifs is 1. The van der Waals surface area contributed by atoms with Crippen LogP contribution in [0.1, 0.15) is 18.4 Å². The average Bonchev–Trinajstić information content (AvgIpc) is 2.74. The first-order valence-electron chi connectivity index (χ1n) is 8.47. The smallest absolute Gasteiger partial charge is 0.242 e. The summed E-state index contributed by atoms with van der Waals surface area (Å²) in [4.78, 5) is 28.3. The third-order valence-electron chi connectivity index (χ3n) is 4.77. The van der Waals surface area contributed by atoms with Gasteiger partial charge in [0.15, 0.2) is 0 Å². The van der Waals surface area contributed by atoms with Gasteiger partial charge in [0.25, 0.3) is 0 Å². The number of anilines is 1. The van der Waals surface area contributed by atoms with Crippen molar-refractivity contribution >= 4 is 27.5 Å². The van der Waals surface area contributed by atoms with E-state index in [4.69, 9.17) is 0 Å². The van der Waals surface area contributed by atoms with E-state index in [0.717, 1.165) is 24.1 Å². The van der Waals surface area contributed by atoms with Crippen LogP contribution in [0.3, 0.4) is 0 Å². The highest BCUT2D eigenvalue weighted by molar-refractivity contribution is 7.88. The Kier molecular flexibility index (Phi) is 5.10. The molecule has 0 unspecified atom stereocenters. The van der Waals surface area contributed by atoms with Crippen LogP contribution < -0.4 is 4.90 Å². The molecule has 0 bridgehead atoms. The van der Waals surface area contributed by atoms with E-state index in [2.05, 4.69) is 0 Å². The number of aryl methyl sites for hydroxylation is 1. The summed E-state index contributed by atoms with van der Waals surface area (Å²) in [6.07, 6.45) is 3.23. The third kappa shape index (κ3) is 4.01. The Bertz CT molecular complexity index is 770. The largest absolute Gasteiger partial charge is 0.339 e. The molecular formula is C17H23N3O4S. The van der Waals surface area contributed by atoms with Gasteiger partial charge in [-0.2, -0.15) is 4.31 Å². The minimum absolute atomic E-state index is 0.00865. The molecule has 2 heterocycles. The van der Waals surface area contributed by atoms with Crippen LogP contribution in [0.4, 0.5) is 5.69 Å². The maximum absolute atomic E-state index is 12.7. The lowest BCUT2D eigenvalue weighted by Gasteiger charge is -2.34. The standard InChI is InChI=1S/C17H23N3O4S/c1-25(23,24)19-11-9-18(10-12-19)17(22)13-20-15-7-3-2-5-14(15)6-4-8-16(20)21/h2-3,5,7H,4,6,8-13H2,1H3. The molecule has 7 nitrogen and oxygen atoms in total. The molecule has 2 aliphatic rings. The van der Waals surface area contributed by atoms with Gasteiger partial charge >= 0.3 is 0 Å². The molecule has 0 atom stereocenters. The second-order valence-electron chi connectivity index (χ2n) is 6.50. The second-order valence-corrected chi connectivity index (χ2v) is 8.49. The van der Waals surface area contributed by atoms with Crippen LogP contribution in [0.5, 0.6) is 0 Å². The Labute approximate surface area is 148 Å². The molecule has 1 aromatic rings. The summed E-state index contributed by atoms with van der Waals surface area (Å²) >= 11 is 0. The van der Waals surface area contributed by atoms with Gasteiger partial charge < -0.3 is 9.80 Å². The van der Waals surface area contributed by atoms with E-state index in [9.17, 15) is 18.0 Å².